The second kappa shape index (κ2) is 10.7. The Hall–Kier alpha value is -2.81. The van der Waals surface area contributed by atoms with Crippen molar-refractivity contribution in [3.8, 4) is 22.5 Å². The van der Waals surface area contributed by atoms with Gasteiger partial charge in [0.05, 0.1) is 30.0 Å². The van der Waals surface area contributed by atoms with Gasteiger partial charge in [-0.2, -0.15) is 0 Å². The van der Waals surface area contributed by atoms with Crippen LogP contribution in [0.15, 0.2) is 73.6 Å². The number of aromatic nitrogens is 2. The van der Waals surface area contributed by atoms with Gasteiger partial charge in [-0.1, -0.05) is 67.4 Å². The summed E-state index contributed by atoms with van der Waals surface area (Å²) in [5.41, 5.74) is 6.44. The molecule has 29 heavy (non-hydrogen) atoms. The van der Waals surface area contributed by atoms with Crippen LogP contribution in [-0.2, 0) is 12.8 Å². The molecule has 1 aromatic heterocycles. The van der Waals surface area contributed by atoms with Crippen molar-refractivity contribution in [1.29, 1.82) is 0 Å². The second-order valence-corrected chi connectivity index (χ2v) is 7.55. The average Bonchev–Trinajstić information content (AvgIpc) is 2.75. The van der Waals surface area contributed by atoms with Crippen molar-refractivity contribution in [2.45, 2.75) is 51.6 Å². The fraction of sp³-hybridized carbons (Fsp3) is 0.308. The molecule has 3 aromatic rings. The Labute approximate surface area is 173 Å². The molecule has 0 aliphatic rings. The quantitative estimate of drug-likeness (QED) is 0.276. The largest absolute Gasteiger partial charge is 0.252 e. The molecule has 3 heteroatoms. The van der Waals surface area contributed by atoms with E-state index in [-0.39, 0.29) is 0 Å². The number of rotatable bonds is 10. The fourth-order valence-corrected chi connectivity index (χ4v) is 3.38. The van der Waals surface area contributed by atoms with E-state index in [0.29, 0.717) is 6.42 Å². The van der Waals surface area contributed by atoms with E-state index in [0.717, 1.165) is 54.6 Å². The normalized spacial score (nSPS) is 11.9. The van der Waals surface area contributed by atoms with Crippen LogP contribution in [0.25, 0.3) is 22.5 Å². The summed E-state index contributed by atoms with van der Waals surface area (Å²) in [6.07, 6.45) is 10.6. The van der Waals surface area contributed by atoms with Gasteiger partial charge in [-0.15, -0.1) is 6.58 Å². The predicted octanol–water partition coefficient (Wildman–Crippen LogP) is 7.00. The minimum absolute atomic E-state index is 0.673. The summed E-state index contributed by atoms with van der Waals surface area (Å²) in [7, 11) is 0. The summed E-state index contributed by atoms with van der Waals surface area (Å²) >= 11 is 0. The predicted molar refractivity (Wildman–Crippen MR) is 120 cm³/mol. The number of unbranched alkanes of at least 4 members (excludes halogenated alkanes) is 2. The molecule has 0 N–H and O–H groups in total. The summed E-state index contributed by atoms with van der Waals surface area (Å²) < 4.78 is 12.8. The lowest BCUT2D eigenvalue weighted by Gasteiger charge is -2.06. The molecule has 1 unspecified atom stereocenters. The molecule has 1 atom stereocenters. The molecule has 0 aliphatic heterocycles. The van der Waals surface area contributed by atoms with E-state index in [1.165, 1.54) is 11.1 Å². The van der Waals surface area contributed by atoms with E-state index in [9.17, 15) is 4.39 Å². The monoisotopic (exact) mass is 388 g/mol. The van der Waals surface area contributed by atoms with Gasteiger partial charge < -0.3 is 0 Å². The topological polar surface area (TPSA) is 25.8 Å². The van der Waals surface area contributed by atoms with E-state index in [1.54, 1.807) is 6.92 Å². The highest BCUT2D eigenvalue weighted by atomic mass is 19.1. The molecule has 0 radical (unpaired) electrons. The van der Waals surface area contributed by atoms with Crippen molar-refractivity contribution in [1.82, 2.24) is 9.97 Å². The molecule has 2 aromatic carbocycles. The first-order valence-electron chi connectivity index (χ1n) is 10.4. The van der Waals surface area contributed by atoms with Crippen LogP contribution in [0.3, 0.4) is 0 Å². The van der Waals surface area contributed by atoms with E-state index in [2.05, 4.69) is 65.1 Å². The minimum atomic E-state index is -0.682. The summed E-state index contributed by atoms with van der Waals surface area (Å²) in [6.45, 7) is 5.41. The van der Waals surface area contributed by atoms with Crippen molar-refractivity contribution < 1.29 is 4.39 Å². The molecule has 0 bridgehead atoms. The third kappa shape index (κ3) is 6.35. The number of halogens is 1. The van der Waals surface area contributed by atoms with Gasteiger partial charge in [0, 0.05) is 11.1 Å². The molecule has 0 fully saturated rings. The van der Waals surface area contributed by atoms with Crippen LogP contribution in [0.5, 0.6) is 0 Å². The van der Waals surface area contributed by atoms with Gasteiger partial charge in [0.25, 0.3) is 0 Å². The first-order chi connectivity index (χ1) is 14.2. The van der Waals surface area contributed by atoms with Crippen LogP contribution in [-0.4, -0.2) is 16.1 Å². The van der Waals surface area contributed by atoms with Gasteiger partial charge in [0.2, 0.25) is 0 Å². The van der Waals surface area contributed by atoms with Gasteiger partial charge in [-0.05, 0) is 43.7 Å². The number of alkyl halides is 1. The molecule has 0 amide bonds. The van der Waals surface area contributed by atoms with Crippen LogP contribution in [0.2, 0.25) is 0 Å². The van der Waals surface area contributed by atoms with Crippen LogP contribution in [0.1, 0.15) is 43.7 Å². The molecule has 150 valence electrons. The Morgan fingerprint density at radius 1 is 0.828 bits per heavy atom. The van der Waals surface area contributed by atoms with Crippen LogP contribution >= 0.6 is 0 Å². The molecular weight excluding hydrogens is 359 g/mol. The molecule has 3 rings (SSSR count). The van der Waals surface area contributed by atoms with Gasteiger partial charge in [0.1, 0.15) is 0 Å². The van der Waals surface area contributed by atoms with Crippen LogP contribution in [0, 0.1) is 0 Å². The number of nitrogens with zero attached hydrogens (tertiary/aromatic N) is 2. The molecule has 0 aliphatic carbocycles. The molecular formula is C26H29FN2. The SMILES string of the molecule is C=CCc1ccc(-c2cnc(-c3ccc(CCCCCC(C)F)cc3)cn2)cc1. The number of benzene rings is 2. The lowest BCUT2D eigenvalue weighted by Crippen LogP contribution is -1.93. The van der Waals surface area contributed by atoms with Crippen molar-refractivity contribution in [3.63, 3.8) is 0 Å². The molecule has 2 nitrogen and oxygen atoms in total. The Balaban J connectivity index is 1.57. The second-order valence-electron chi connectivity index (χ2n) is 7.55. The summed E-state index contributed by atoms with van der Waals surface area (Å²) in [4.78, 5) is 9.20. The Morgan fingerprint density at radius 2 is 1.38 bits per heavy atom. The molecule has 0 saturated carbocycles. The summed E-state index contributed by atoms with van der Waals surface area (Å²) in [6, 6.07) is 16.9. The highest BCUT2D eigenvalue weighted by Crippen LogP contribution is 2.22. The molecule has 1 heterocycles. The lowest BCUT2D eigenvalue weighted by molar-refractivity contribution is 0.330. The van der Waals surface area contributed by atoms with Gasteiger partial charge in [-0.25, -0.2) is 4.39 Å². The fourth-order valence-electron chi connectivity index (χ4n) is 3.38. The third-order valence-corrected chi connectivity index (χ3v) is 5.10. The smallest absolute Gasteiger partial charge is 0.0973 e. The van der Waals surface area contributed by atoms with Crippen molar-refractivity contribution in [2.24, 2.45) is 0 Å². The lowest BCUT2D eigenvalue weighted by atomic mass is 10.0. The number of hydrogen-bond donors (Lipinski definition) is 0. The summed E-state index contributed by atoms with van der Waals surface area (Å²) in [5.74, 6) is 0. The highest BCUT2D eigenvalue weighted by Gasteiger charge is 2.04. The zero-order valence-corrected chi connectivity index (χ0v) is 17.2. The van der Waals surface area contributed by atoms with E-state index in [1.807, 2.05) is 18.5 Å². The summed E-state index contributed by atoms with van der Waals surface area (Å²) in [5, 5.41) is 0. The Morgan fingerprint density at radius 3 is 1.86 bits per heavy atom. The van der Waals surface area contributed by atoms with Crippen LogP contribution < -0.4 is 0 Å². The molecule has 0 saturated heterocycles. The maximum atomic E-state index is 12.8. The number of hydrogen-bond acceptors (Lipinski definition) is 2. The van der Waals surface area contributed by atoms with Crippen molar-refractivity contribution in [3.05, 3.63) is 84.7 Å². The van der Waals surface area contributed by atoms with E-state index < -0.39 is 6.17 Å². The third-order valence-electron chi connectivity index (χ3n) is 5.10. The van der Waals surface area contributed by atoms with Crippen molar-refractivity contribution in [2.75, 3.05) is 0 Å². The van der Waals surface area contributed by atoms with Gasteiger partial charge >= 0.3 is 0 Å². The number of allylic oxidation sites excluding steroid dienone is 1. The van der Waals surface area contributed by atoms with Gasteiger partial charge in [-0.3, -0.25) is 9.97 Å². The standard InChI is InChI=1S/C26H29FN2/c1-3-7-21-10-14-23(15-11-21)25-18-29-26(19-28-25)24-16-12-22(13-17-24)9-6-4-5-8-20(2)27/h3,10-20H,1,4-9H2,2H3. The highest BCUT2D eigenvalue weighted by molar-refractivity contribution is 5.63. The van der Waals surface area contributed by atoms with E-state index in [4.69, 9.17) is 0 Å². The first kappa shape index (κ1) is 20.9. The Bertz CT molecular complexity index is 882. The van der Waals surface area contributed by atoms with Gasteiger partial charge in [0.15, 0.2) is 0 Å². The zero-order valence-electron chi connectivity index (χ0n) is 17.2. The zero-order chi connectivity index (χ0) is 20.5. The maximum absolute atomic E-state index is 12.8. The number of aryl methyl sites for hydroxylation is 1. The van der Waals surface area contributed by atoms with E-state index >= 15 is 0 Å². The minimum Gasteiger partial charge on any atom is -0.252 e. The average molecular weight is 389 g/mol. The van der Waals surface area contributed by atoms with Crippen LogP contribution in [0.4, 0.5) is 4.39 Å². The van der Waals surface area contributed by atoms with Crippen molar-refractivity contribution >= 4 is 0 Å². The first-order valence-corrected chi connectivity index (χ1v) is 10.4. The maximum Gasteiger partial charge on any atom is 0.0973 e. The molecule has 0 spiro atoms. The Kier molecular flexibility index (Phi) is 7.69.